The SMILES string of the molecule is Cc1ccc(NC(=O)c2ccc(NC(=O)c3ccco3)cc2)c(F)c1. The summed E-state index contributed by atoms with van der Waals surface area (Å²) in [7, 11) is 0. The normalized spacial score (nSPS) is 10.3. The molecule has 0 saturated heterocycles. The molecule has 25 heavy (non-hydrogen) atoms. The average Bonchev–Trinajstić information content (AvgIpc) is 3.13. The lowest BCUT2D eigenvalue weighted by Crippen LogP contribution is -2.14. The molecule has 0 saturated carbocycles. The Morgan fingerprint density at radius 3 is 2.36 bits per heavy atom. The number of carbonyl (C=O) groups is 2. The van der Waals surface area contributed by atoms with Gasteiger partial charge in [0.25, 0.3) is 11.8 Å². The second-order valence-electron chi connectivity index (χ2n) is 5.45. The largest absolute Gasteiger partial charge is 0.459 e. The van der Waals surface area contributed by atoms with E-state index in [9.17, 15) is 14.0 Å². The zero-order chi connectivity index (χ0) is 17.8. The van der Waals surface area contributed by atoms with Gasteiger partial charge < -0.3 is 15.1 Å². The summed E-state index contributed by atoms with van der Waals surface area (Å²) in [6, 6.07) is 14.0. The second kappa shape index (κ2) is 7.00. The zero-order valence-corrected chi connectivity index (χ0v) is 13.4. The van der Waals surface area contributed by atoms with Crippen molar-refractivity contribution in [3.05, 3.63) is 83.6 Å². The van der Waals surface area contributed by atoms with Crippen LogP contribution >= 0.6 is 0 Å². The van der Waals surface area contributed by atoms with Crippen LogP contribution in [0.25, 0.3) is 0 Å². The first-order chi connectivity index (χ1) is 12.0. The first-order valence-electron chi connectivity index (χ1n) is 7.55. The quantitative estimate of drug-likeness (QED) is 0.748. The lowest BCUT2D eigenvalue weighted by molar-refractivity contribution is 0.0995. The van der Waals surface area contributed by atoms with E-state index >= 15 is 0 Å². The monoisotopic (exact) mass is 338 g/mol. The summed E-state index contributed by atoms with van der Waals surface area (Å²) in [5.74, 6) is -1.12. The van der Waals surface area contributed by atoms with Gasteiger partial charge in [-0.1, -0.05) is 6.07 Å². The van der Waals surface area contributed by atoms with E-state index < -0.39 is 11.7 Å². The molecule has 5 nitrogen and oxygen atoms in total. The number of hydrogen-bond acceptors (Lipinski definition) is 3. The van der Waals surface area contributed by atoms with Crippen LogP contribution in [0.4, 0.5) is 15.8 Å². The van der Waals surface area contributed by atoms with Crippen LogP contribution < -0.4 is 10.6 Å². The number of benzene rings is 2. The van der Waals surface area contributed by atoms with Crippen LogP contribution in [0.2, 0.25) is 0 Å². The third-order valence-corrected chi connectivity index (χ3v) is 3.52. The minimum absolute atomic E-state index is 0.116. The number of carbonyl (C=O) groups excluding carboxylic acids is 2. The lowest BCUT2D eigenvalue weighted by atomic mass is 10.1. The second-order valence-corrected chi connectivity index (χ2v) is 5.45. The molecule has 0 unspecified atom stereocenters. The van der Waals surface area contributed by atoms with Crippen LogP contribution in [-0.4, -0.2) is 11.8 Å². The summed E-state index contributed by atoms with van der Waals surface area (Å²) in [4.78, 5) is 24.1. The maximum absolute atomic E-state index is 13.8. The molecular weight excluding hydrogens is 323 g/mol. The standard InChI is InChI=1S/C19H15FN2O3/c1-12-4-9-16(15(20)11-12)22-18(23)13-5-7-14(8-6-13)21-19(24)17-3-2-10-25-17/h2-11H,1H3,(H,21,24)(H,22,23). The predicted octanol–water partition coefficient (Wildman–Crippen LogP) is 4.23. The van der Waals surface area contributed by atoms with Crippen molar-refractivity contribution in [3.8, 4) is 0 Å². The van der Waals surface area contributed by atoms with Crippen molar-refractivity contribution in [2.24, 2.45) is 0 Å². The van der Waals surface area contributed by atoms with Gasteiger partial charge in [0, 0.05) is 11.3 Å². The molecule has 2 aromatic carbocycles. The molecule has 1 aromatic heterocycles. The molecule has 2 N–H and O–H groups in total. The summed E-state index contributed by atoms with van der Waals surface area (Å²) in [5.41, 5.74) is 1.74. The van der Waals surface area contributed by atoms with E-state index in [1.807, 2.05) is 0 Å². The fraction of sp³-hybridized carbons (Fsp3) is 0.0526. The van der Waals surface area contributed by atoms with E-state index in [1.54, 1.807) is 49.4 Å². The zero-order valence-electron chi connectivity index (χ0n) is 13.4. The van der Waals surface area contributed by atoms with Gasteiger partial charge in [0.1, 0.15) is 5.82 Å². The highest BCUT2D eigenvalue weighted by Gasteiger charge is 2.11. The number of anilines is 2. The molecule has 0 aliphatic carbocycles. The highest BCUT2D eigenvalue weighted by molar-refractivity contribution is 6.05. The van der Waals surface area contributed by atoms with Gasteiger partial charge in [-0.3, -0.25) is 9.59 Å². The van der Waals surface area contributed by atoms with Crippen molar-refractivity contribution >= 4 is 23.2 Å². The van der Waals surface area contributed by atoms with Crippen LogP contribution in [0, 0.1) is 12.7 Å². The molecule has 0 bridgehead atoms. The van der Waals surface area contributed by atoms with Crippen molar-refractivity contribution in [3.63, 3.8) is 0 Å². The Morgan fingerprint density at radius 1 is 0.960 bits per heavy atom. The van der Waals surface area contributed by atoms with Gasteiger partial charge in [0.15, 0.2) is 5.76 Å². The highest BCUT2D eigenvalue weighted by atomic mass is 19.1. The molecule has 0 radical (unpaired) electrons. The van der Waals surface area contributed by atoms with Gasteiger partial charge in [-0.15, -0.1) is 0 Å². The van der Waals surface area contributed by atoms with Gasteiger partial charge in [0.05, 0.1) is 12.0 Å². The molecule has 3 aromatic rings. The molecule has 0 fully saturated rings. The number of halogens is 1. The number of rotatable bonds is 4. The Morgan fingerprint density at radius 2 is 1.72 bits per heavy atom. The summed E-state index contributed by atoms with van der Waals surface area (Å²) in [5, 5.41) is 5.17. The van der Waals surface area contributed by atoms with Crippen LogP contribution in [-0.2, 0) is 0 Å². The number of furan rings is 1. The lowest BCUT2D eigenvalue weighted by Gasteiger charge is -2.08. The van der Waals surface area contributed by atoms with Crippen LogP contribution in [0.15, 0.2) is 65.3 Å². The van der Waals surface area contributed by atoms with Crippen molar-refractivity contribution in [2.75, 3.05) is 10.6 Å². The molecule has 126 valence electrons. The summed E-state index contributed by atoms with van der Waals surface area (Å²) >= 11 is 0. The Labute approximate surface area is 143 Å². The van der Waals surface area contributed by atoms with Gasteiger partial charge >= 0.3 is 0 Å². The number of aryl methyl sites for hydroxylation is 1. The van der Waals surface area contributed by atoms with E-state index in [2.05, 4.69) is 10.6 Å². The summed E-state index contributed by atoms with van der Waals surface area (Å²) < 4.78 is 18.8. The summed E-state index contributed by atoms with van der Waals surface area (Å²) in [6.45, 7) is 1.77. The molecule has 1 heterocycles. The fourth-order valence-corrected chi connectivity index (χ4v) is 2.22. The van der Waals surface area contributed by atoms with Crippen LogP contribution in [0.3, 0.4) is 0 Å². The van der Waals surface area contributed by atoms with E-state index in [0.717, 1.165) is 5.56 Å². The highest BCUT2D eigenvalue weighted by Crippen LogP contribution is 2.17. The first-order valence-corrected chi connectivity index (χ1v) is 7.55. The molecule has 2 amide bonds. The number of amides is 2. The Hall–Kier alpha value is -3.41. The number of hydrogen-bond donors (Lipinski definition) is 2. The maximum atomic E-state index is 13.8. The molecule has 0 spiro atoms. The fourth-order valence-electron chi connectivity index (χ4n) is 2.22. The average molecular weight is 338 g/mol. The van der Waals surface area contributed by atoms with E-state index in [1.165, 1.54) is 18.4 Å². The van der Waals surface area contributed by atoms with Crippen molar-refractivity contribution < 1.29 is 18.4 Å². The van der Waals surface area contributed by atoms with Crippen molar-refractivity contribution in [2.45, 2.75) is 6.92 Å². The smallest absolute Gasteiger partial charge is 0.291 e. The number of nitrogens with one attached hydrogen (secondary N) is 2. The predicted molar refractivity (Wildman–Crippen MR) is 92.2 cm³/mol. The first kappa shape index (κ1) is 16.4. The van der Waals surface area contributed by atoms with E-state index in [0.29, 0.717) is 11.3 Å². The topological polar surface area (TPSA) is 71.3 Å². The minimum atomic E-state index is -0.490. The maximum Gasteiger partial charge on any atom is 0.291 e. The van der Waals surface area contributed by atoms with Gasteiger partial charge in [0.2, 0.25) is 0 Å². The Balaban J connectivity index is 1.67. The molecule has 6 heteroatoms. The van der Waals surface area contributed by atoms with Gasteiger partial charge in [-0.05, 0) is 61.0 Å². The van der Waals surface area contributed by atoms with E-state index in [-0.39, 0.29) is 17.4 Å². The molecule has 3 rings (SSSR count). The van der Waals surface area contributed by atoms with Crippen molar-refractivity contribution in [1.29, 1.82) is 0 Å². The van der Waals surface area contributed by atoms with E-state index in [4.69, 9.17) is 4.42 Å². The Kier molecular flexibility index (Phi) is 4.61. The molecule has 0 aliphatic heterocycles. The molecule has 0 aliphatic rings. The van der Waals surface area contributed by atoms with Gasteiger partial charge in [-0.2, -0.15) is 0 Å². The minimum Gasteiger partial charge on any atom is -0.459 e. The molecule has 0 atom stereocenters. The van der Waals surface area contributed by atoms with Crippen LogP contribution in [0.1, 0.15) is 26.5 Å². The van der Waals surface area contributed by atoms with Crippen molar-refractivity contribution in [1.82, 2.24) is 0 Å². The molecular formula is C19H15FN2O3. The third-order valence-electron chi connectivity index (χ3n) is 3.52. The Bertz CT molecular complexity index is 903. The summed E-state index contributed by atoms with van der Waals surface area (Å²) in [6.07, 6.45) is 1.41. The van der Waals surface area contributed by atoms with Crippen LogP contribution in [0.5, 0.6) is 0 Å². The van der Waals surface area contributed by atoms with Gasteiger partial charge in [-0.25, -0.2) is 4.39 Å². The third kappa shape index (κ3) is 3.92.